The summed E-state index contributed by atoms with van der Waals surface area (Å²) in [5.41, 5.74) is 0. The molecule has 0 fully saturated rings. The molecule has 0 heterocycles. The zero-order valence-corrected chi connectivity index (χ0v) is 15.7. The Morgan fingerprint density at radius 3 is 1.67 bits per heavy atom. The van der Waals surface area contributed by atoms with E-state index in [0.717, 1.165) is 32.1 Å². The molecule has 0 spiro atoms. The highest BCUT2D eigenvalue weighted by molar-refractivity contribution is 5.66. The van der Waals surface area contributed by atoms with Gasteiger partial charge in [-0.1, -0.05) is 88.3 Å². The maximum atomic E-state index is 10.4. The van der Waals surface area contributed by atoms with Gasteiger partial charge in [-0.25, -0.2) is 0 Å². The molecule has 0 atom stereocenters. The molecular weight excluding hydrogens is 296 g/mol. The minimum absolute atomic E-state index is 0.333. The van der Waals surface area contributed by atoms with Crippen LogP contribution in [0.1, 0.15) is 96.8 Å². The molecule has 0 radical (unpaired) electrons. The summed E-state index contributed by atoms with van der Waals surface area (Å²) < 4.78 is 0. The van der Waals surface area contributed by atoms with Gasteiger partial charge >= 0.3 is 5.97 Å². The SMILES string of the molecule is CCC=CCC=CCC=CCCCCCCCCCCCC(=O)O. The van der Waals surface area contributed by atoms with Gasteiger partial charge in [0, 0.05) is 6.42 Å². The summed E-state index contributed by atoms with van der Waals surface area (Å²) in [7, 11) is 0. The van der Waals surface area contributed by atoms with Crippen LogP contribution in [-0.2, 0) is 4.79 Å². The molecule has 2 heteroatoms. The number of carboxylic acids is 1. The first-order valence-electron chi connectivity index (χ1n) is 9.94. The van der Waals surface area contributed by atoms with Crippen LogP contribution in [0.2, 0.25) is 0 Å². The molecule has 0 bridgehead atoms. The molecule has 0 aromatic carbocycles. The minimum atomic E-state index is -0.663. The van der Waals surface area contributed by atoms with Gasteiger partial charge in [-0.05, 0) is 38.5 Å². The Balaban J connectivity index is 3.18. The zero-order chi connectivity index (χ0) is 17.7. The number of rotatable bonds is 17. The molecule has 0 aliphatic rings. The predicted octanol–water partition coefficient (Wildman–Crippen LogP) is 7.22. The van der Waals surface area contributed by atoms with E-state index >= 15 is 0 Å². The van der Waals surface area contributed by atoms with Crippen molar-refractivity contribution >= 4 is 5.97 Å². The van der Waals surface area contributed by atoms with E-state index in [1.165, 1.54) is 51.4 Å². The second-order valence-electron chi connectivity index (χ2n) is 6.41. The van der Waals surface area contributed by atoms with E-state index in [9.17, 15) is 4.79 Å². The number of aliphatic carboxylic acids is 1. The van der Waals surface area contributed by atoms with Crippen molar-refractivity contribution in [2.45, 2.75) is 96.8 Å². The molecule has 1 N–H and O–H groups in total. The van der Waals surface area contributed by atoms with E-state index in [1.54, 1.807) is 0 Å². The van der Waals surface area contributed by atoms with Gasteiger partial charge in [0.2, 0.25) is 0 Å². The summed E-state index contributed by atoms with van der Waals surface area (Å²) in [6.07, 6.45) is 29.3. The van der Waals surface area contributed by atoms with Gasteiger partial charge < -0.3 is 5.11 Å². The van der Waals surface area contributed by atoms with Crippen LogP contribution < -0.4 is 0 Å². The van der Waals surface area contributed by atoms with Crippen LogP contribution in [0.15, 0.2) is 36.5 Å². The van der Waals surface area contributed by atoms with Crippen LogP contribution in [0.3, 0.4) is 0 Å². The summed E-state index contributed by atoms with van der Waals surface area (Å²) in [6, 6.07) is 0. The number of allylic oxidation sites excluding steroid dienone is 6. The zero-order valence-electron chi connectivity index (χ0n) is 15.7. The molecule has 0 amide bonds. The van der Waals surface area contributed by atoms with Crippen molar-refractivity contribution in [1.82, 2.24) is 0 Å². The van der Waals surface area contributed by atoms with E-state index in [2.05, 4.69) is 43.4 Å². The molecule has 0 saturated carbocycles. The molecular formula is C22H38O2. The Hall–Kier alpha value is -1.31. The van der Waals surface area contributed by atoms with Crippen molar-refractivity contribution in [3.8, 4) is 0 Å². The standard InChI is InChI=1S/C22H38O2/c1-2-3-4-5-6-7-8-9-10-11-12-13-14-15-16-17-18-19-20-21-22(23)24/h3-4,6-7,9-10H,2,5,8,11-21H2,1H3,(H,23,24). The second kappa shape index (κ2) is 19.7. The van der Waals surface area contributed by atoms with Gasteiger partial charge in [0.25, 0.3) is 0 Å². The van der Waals surface area contributed by atoms with Gasteiger partial charge in [-0.3, -0.25) is 4.79 Å². The fourth-order valence-corrected chi connectivity index (χ4v) is 2.60. The van der Waals surface area contributed by atoms with Crippen LogP contribution in [0.25, 0.3) is 0 Å². The largest absolute Gasteiger partial charge is 0.481 e. The molecule has 24 heavy (non-hydrogen) atoms. The molecule has 0 saturated heterocycles. The Bertz CT molecular complexity index is 353. The number of hydrogen-bond donors (Lipinski definition) is 1. The lowest BCUT2D eigenvalue weighted by atomic mass is 10.1. The first kappa shape index (κ1) is 22.7. The topological polar surface area (TPSA) is 37.3 Å². The van der Waals surface area contributed by atoms with Crippen molar-refractivity contribution in [1.29, 1.82) is 0 Å². The highest BCUT2D eigenvalue weighted by Crippen LogP contribution is 2.11. The van der Waals surface area contributed by atoms with E-state index in [4.69, 9.17) is 5.11 Å². The first-order chi connectivity index (χ1) is 11.8. The summed E-state index contributed by atoms with van der Waals surface area (Å²) in [4.78, 5) is 10.4. The smallest absolute Gasteiger partial charge is 0.303 e. The molecule has 138 valence electrons. The maximum absolute atomic E-state index is 10.4. The fourth-order valence-electron chi connectivity index (χ4n) is 2.60. The molecule has 0 unspecified atom stereocenters. The van der Waals surface area contributed by atoms with Gasteiger partial charge in [-0.15, -0.1) is 0 Å². The highest BCUT2D eigenvalue weighted by atomic mass is 16.4. The molecule has 0 aromatic heterocycles. The van der Waals surface area contributed by atoms with Crippen molar-refractivity contribution in [2.75, 3.05) is 0 Å². The molecule has 0 aliphatic carbocycles. The normalized spacial score (nSPS) is 12.0. The van der Waals surface area contributed by atoms with E-state index in [-0.39, 0.29) is 0 Å². The summed E-state index contributed by atoms with van der Waals surface area (Å²) >= 11 is 0. The summed E-state index contributed by atoms with van der Waals surface area (Å²) in [6.45, 7) is 2.16. The third kappa shape index (κ3) is 20.7. The minimum Gasteiger partial charge on any atom is -0.481 e. The number of hydrogen-bond acceptors (Lipinski definition) is 1. The third-order valence-corrected chi connectivity index (χ3v) is 4.04. The average molecular weight is 335 g/mol. The second-order valence-corrected chi connectivity index (χ2v) is 6.41. The third-order valence-electron chi connectivity index (χ3n) is 4.04. The lowest BCUT2D eigenvalue weighted by Gasteiger charge is -2.01. The van der Waals surface area contributed by atoms with Crippen LogP contribution in [0.4, 0.5) is 0 Å². The average Bonchev–Trinajstić information content (AvgIpc) is 2.56. The van der Waals surface area contributed by atoms with Crippen molar-refractivity contribution in [3.05, 3.63) is 36.5 Å². The molecule has 2 nitrogen and oxygen atoms in total. The summed E-state index contributed by atoms with van der Waals surface area (Å²) in [5, 5.41) is 8.55. The van der Waals surface area contributed by atoms with Crippen LogP contribution in [0, 0.1) is 0 Å². The highest BCUT2D eigenvalue weighted by Gasteiger charge is 1.96. The predicted molar refractivity (Wildman–Crippen MR) is 105 cm³/mol. The molecule has 0 aliphatic heterocycles. The molecule has 0 aromatic rings. The van der Waals surface area contributed by atoms with Crippen LogP contribution >= 0.6 is 0 Å². The van der Waals surface area contributed by atoms with Crippen molar-refractivity contribution in [3.63, 3.8) is 0 Å². The van der Waals surface area contributed by atoms with Gasteiger partial charge in [0.1, 0.15) is 0 Å². The van der Waals surface area contributed by atoms with Crippen LogP contribution in [-0.4, -0.2) is 11.1 Å². The fraction of sp³-hybridized carbons (Fsp3) is 0.682. The Morgan fingerprint density at radius 2 is 1.12 bits per heavy atom. The number of carbonyl (C=O) groups is 1. The van der Waals surface area contributed by atoms with Crippen molar-refractivity contribution in [2.24, 2.45) is 0 Å². The van der Waals surface area contributed by atoms with E-state index < -0.39 is 5.97 Å². The molecule has 0 rings (SSSR count). The lowest BCUT2D eigenvalue weighted by Crippen LogP contribution is -1.93. The quantitative estimate of drug-likeness (QED) is 0.225. The maximum Gasteiger partial charge on any atom is 0.303 e. The van der Waals surface area contributed by atoms with Gasteiger partial charge in [0.05, 0.1) is 0 Å². The van der Waals surface area contributed by atoms with Gasteiger partial charge in [0.15, 0.2) is 0 Å². The Kier molecular flexibility index (Phi) is 18.7. The van der Waals surface area contributed by atoms with E-state index in [1.807, 2.05) is 0 Å². The number of unbranched alkanes of at least 4 members (excludes halogenated alkanes) is 9. The van der Waals surface area contributed by atoms with E-state index in [0.29, 0.717) is 6.42 Å². The first-order valence-corrected chi connectivity index (χ1v) is 9.94. The lowest BCUT2D eigenvalue weighted by molar-refractivity contribution is -0.137. The van der Waals surface area contributed by atoms with Gasteiger partial charge in [-0.2, -0.15) is 0 Å². The summed E-state index contributed by atoms with van der Waals surface area (Å²) in [5.74, 6) is -0.663. The monoisotopic (exact) mass is 334 g/mol. The Labute approximate surface area is 149 Å². The van der Waals surface area contributed by atoms with Crippen LogP contribution in [0.5, 0.6) is 0 Å². The van der Waals surface area contributed by atoms with Crippen molar-refractivity contribution < 1.29 is 9.90 Å². The number of carboxylic acid groups (broad SMARTS) is 1. The Morgan fingerprint density at radius 1 is 0.667 bits per heavy atom.